The first-order chi connectivity index (χ1) is 10.1. The van der Waals surface area contributed by atoms with E-state index in [0.29, 0.717) is 11.4 Å². The largest absolute Gasteiger partial charge is 0.399 e. The maximum absolute atomic E-state index is 14.4. The van der Waals surface area contributed by atoms with E-state index in [4.69, 9.17) is 5.73 Å². The van der Waals surface area contributed by atoms with Crippen LogP contribution in [-0.4, -0.2) is 9.55 Å². The molecule has 3 nitrogen and oxygen atoms in total. The number of nitrogen functional groups attached to an aromatic ring is 1. The fourth-order valence-corrected chi connectivity index (χ4v) is 2.69. The number of aryl methyl sites for hydroxylation is 2. The normalized spacial score (nSPS) is 11.2. The summed E-state index contributed by atoms with van der Waals surface area (Å²) in [5.41, 5.74) is 9.66. The maximum Gasteiger partial charge on any atom is 0.147 e. The molecule has 3 rings (SSSR count). The van der Waals surface area contributed by atoms with Gasteiger partial charge >= 0.3 is 0 Å². The minimum atomic E-state index is -0.233. The van der Waals surface area contributed by atoms with Gasteiger partial charge in [-0.25, -0.2) is 9.37 Å². The van der Waals surface area contributed by atoms with Crippen LogP contribution in [0.3, 0.4) is 0 Å². The van der Waals surface area contributed by atoms with E-state index >= 15 is 0 Å². The molecule has 0 fully saturated rings. The molecule has 0 radical (unpaired) electrons. The molecule has 1 aromatic heterocycles. The van der Waals surface area contributed by atoms with Gasteiger partial charge in [0.25, 0.3) is 0 Å². The fourth-order valence-electron chi connectivity index (χ4n) is 2.69. The maximum atomic E-state index is 14.4. The van der Waals surface area contributed by atoms with Crippen molar-refractivity contribution in [3.05, 3.63) is 53.6 Å². The van der Waals surface area contributed by atoms with Gasteiger partial charge in [0.1, 0.15) is 11.6 Å². The van der Waals surface area contributed by atoms with E-state index in [0.717, 1.165) is 35.3 Å². The fraction of sp³-hybridized carbons (Fsp3) is 0.235. The highest BCUT2D eigenvalue weighted by Crippen LogP contribution is 2.27. The van der Waals surface area contributed by atoms with Crippen LogP contribution in [0.5, 0.6) is 0 Å². The number of nitrogens with zero attached hydrogens (tertiary/aromatic N) is 2. The number of aromatic nitrogens is 2. The van der Waals surface area contributed by atoms with Crippen LogP contribution in [0, 0.1) is 12.7 Å². The lowest BCUT2D eigenvalue weighted by Gasteiger charge is -2.13. The standard InChI is InChI=1S/C17H18FN3/c1-3-5-16-20-14-10-12(19)8-9-15(14)21(16)17-11(2)6-4-7-13(17)18/h4,6-10H,3,5,19H2,1-2H3. The van der Waals surface area contributed by atoms with Crippen molar-refractivity contribution in [1.29, 1.82) is 0 Å². The zero-order chi connectivity index (χ0) is 15.0. The Morgan fingerprint density at radius 3 is 2.76 bits per heavy atom. The number of rotatable bonds is 3. The monoisotopic (exact) mass is 283 g/mol. The van der Waals surface area contributed by atoms with Crippen LogP contribution in [0.25, 0.3) is 16.7 Å². The lowest BCUT2D eigenvalue weighted by molar-refractivity contribution is 0.614. The summed E-state index contributed by atoms with van der Waals surface area (Å²) >= 11 is 0. The summed E-state index contributed by atoms with van der Waals surface area (Å²) in [4.78, 5) is 4.64. The predicted molar refractivity (Wildman–Crippen MR) is 84.2 cm³/mol. The molecule has 21 heavy (non-hydrogen) atoms. The van der Waals surface area contributed by atoms with Gasteiger partial charge in [-0.2, -0.15) is 0 Å². The molecule has 0 saturated carbocycles. The smallest absolute Gasteiger partial charge is 0.147 e. The van der Waals surface area contributed by atoms with Crippen LogP contribution in [0.4, 0.5) is 10.1 Å². The van der Waals surface area contributed by atoms with Gasteiger partial charge < -0.3 is 5.73 Å². The molecule has 0 aliphatic carbocycles. The summed E-state index contributed by atoms with van der Waals surface area (Å²) in [6, 6.07) is 10.7. The molecule has 0 aliphatic rings. The molecular formula is C17H18FN3. The molecule has 2 N–H and O–H groups in total. The third-order valence-corrected chi connectivity index (χ3v) is 3.63. The summed E-state index contributed by atoms with van der Waals surface area (Å²) in [6.07, 6.45) is 1.74. The first kappa shape index (κ1) is 13.6. The third-order valence-electron chi connectivity index (χ3n) is 3.63. The average molecular weight is 283 g/mol. The molecule has 4 heteroatoms. The number of fused-ring (bicyclic) bond motifs is 1. The van der Waals surface area contributed by atoms with Gasteiger partial charge in [-0.3, -0.25) is 4.57 Å². The summed E-state index contributed by atoms with van der Waals surface area (Å²) in [7, 11) is 0. The molecule has 0 bridgehead atoms. The van der Waals surface area contributed by atoms with Crippen molar-refractivity contribution in [2.75, 3.05) is 5.73 Å². The Morgan fingerprint density at radius 1 is 1.24 bits per heavy atom. The Morgan fingerprint density at radius 2 is 2.05 bits per heavy atom. The highest BCUT2D eigenvalue weighted by molar-refractivity contribution is 5.81. The summed E-state index contributed by atoms with van der Waals surface area (Å²) < 4.78 is 16.3. The van der Waals surface area contributed by atoms with Crippen molar-refractivity contribution in [1.82, 2.24) is 9.55 Å². The van der Waals surface area contributed by atoms with E-state index in [9.17, 15) is 4.39 Å². The van der Waals surface area contributed by atoms with Gasteiger partial charge in [-0.1, -0.05) is 19.1 Å². The van der Waals surface area contributed by atoms with Crippen molar-refractivity contribution in [2.24, 2.45) is 0 Å². The van der Waals surface area contributed by atoms with Crippen molar-refractivity contribution in [2.45, 2.75) is 26.7 Å². The van der Waals surface area contributed by atoms with Crippen molar-refractivity contribution >= 4 is 16.7 Å². The number of anilines is 1. The lowest BCUT2D eigenvalue weighted by atomic mass is 10.1. The van der Waals surface area contributed by atoms with Crippen molar-refractivity contribution < 1.29 is 4.39 Å². The van der Waals surface area contributed by atoms with Gasteiger partial charge in [0.05, 0.1) is 16.7 Å². The van der Waals surface area contributed by atoms with Crippen LogP contribution < -0.4 is 5.73 Å². The topological polar surface area (TPSA) is 43.8 Å². The molecule has 1 heterocycles. The van der Waals surface area contributed by atoms with Gasteiger partial charge in [-0.15, -0.1) is 0 Å². The predicted octanol–water partition coefficient (Wildman–Crippen LogP) is 4.01. The van der Waals surface area contributed by atoms with Crippen LogP contribution in [0.2, 0.25) is 0 Å². The molecule has 0 spiro atoms. The van der Waals surface area contributed by atoms with Crippen LogP contribution in [0.1, 0.15) is 24.7 Å². The molecule has 0 aliphatic heterocycles. The Balaban J connectivity index is 2.36. The summed E-state index contributed by atoms with van der Waals surface area (Å²) in [5, 5.41) is 0. The zero-order valence-electron chi connectivity index (χ0n) is 12.2. The van der Waals surface area contributed by atoms with Gasteiger partial charge in [0.15, 0.2) is 0 Å². The van der Waals surface area contributed by atoms with E-state index in [1.165, 1.54) is 6.07 Å². The van der Waals surface area contributed by atoms with Gasteiger partial charge in [0.2, 0.25) is 0 Å². The molecule has 0 amide bonds. The summed E-state index contributed by atoms with van der Waals surface area (Å²) in [5.74, 6) is 0.634. The second-order valence-electron chi connectivity index (χ2n) is 5.27. The SMILES string of the molecule is CCCc1nc2cc(N)ccc2n1-c1c(C)cccc1F. The second-order valence-corrected chi connectivity index (χ2v) is 5.27. The van der Waals surface area contributed by atoms with Crippen molar-refractivity contribution in [3.8, 4) is 5.69 Å². The minimum absolute atomic E-state index is 0.233. The summed E-state index contributed by atoms with van der Waals surface area (Å²) in [6.45, 7) is 4.00. The van der Waals surface area contributed by atoms with Gasteiger partial charge in [-0.05, 0) is 43.2 Å². The van der Waals surface area contributed by atoms with Gasteiger partial charge in [0, 0.05) is 12.1 Å². The molecular weight excluding hydrogens is 265 g/mol. The van der Waals surface area contributed by atoms with Crippen molar-refractivity contribution in [3.63, 3.8) is 0 Å². The number of para-hydroxylation sites is 1. The highest BCUT2D eigenvalue weighted by Gasteiger charge is 2.16. The molecule has 0 atom stereocenters. The van der Waals surface area contributed by atoms with Crippen LogP contribution >= 0.6 is 0 Å². The van der Waals surface area contributed by atoms with E-state index in [2.05, 4.69) is 11.9 Å². The average Bonchev–Trinajstić information content (AvgIpc) is 2.77. The molecule has 3 aromatic rings. The number of halogens is 1. The minimum Gasteiger partial charge on any atom is -0.399 e. The van der Waals surface area contributed by atoms with E-state index in [-0.39, 0.29) is 5.82 Å². The number of benzene rings is 2. The first-order valence-electron chi connectivity index (χ1n) is 7.14. The number of nitrogens with two attached hydrogens (primary N) is 1. The Hall–Kier alpha value is -2.36. The van der Waals surface area contributed by atoms with E-state index < -0.39 is 0 Å². The molecule has 0 saturated heterocycles. The Bertz CT molecular complexity index is 785. The lowest BCUT2D eigenvalue weighted by Crippen LogP contribution is -2.05. The number of hydrogen-bond donors (Lipinski definition) is 1. The number of hydrogen-bond acceptors (Lipinski definition) is 2. The molecule has 108 valence electrons. The van der Waals surface area contributed by atoms with E-state index in [1.54, 1.807) is 6.07 Å². The molecule has 2 aromatic carbocycles. The number of imidazole rings is 1. The Labute approximate surface area is 123 Å². The second kappa shape index (κ2) is 5.20. The Kier molecular flexibility index (Phi) is 3.37. The zero-order valence-corrected chi connectivity index (χ0v) is 12.2. The first-order valence-corrected chi connectivity index (χ1v) is 7.14. The molecule has 0 unspecified atom stereocenters. The van der Waals surface area contributed by atoms with E-state index in [1.807, 2.05) is 35.8 Å². The highest BCUT2D eigenvalue weighted by atomic mass is 19.1. The van der Waals surface area contributed by atoms with Crippen LogP contribution in [0.15, 0.2) is 36.4 Å². The quantitative estimate of drug-likeness (QED) is 0.738. The third kappa shape index (κ3) is 2.27. The van der Waals surface area contributed by atoms with Crippen LogP contribution in [-0.2, 0) is 6.42 Å².